The van der Waals surface area contributed by atoms with Crippen molar-refractivity contribution in [2.24, 2.45) is 0 Å². The van der Waals surface area contributed by atoms with Crippen LogP contribution in [0, 0.1) is 0 Å². The van der Waals surface area contributed by atoms with Crippen molar-refractivity contribution >= 4 is 11.8 Å². The number of hydrogen-bond donors (Lipinski definition) is 2. The number of nitrogens with zero attached hydrogens (tertiary/aromatic N) is 1. The highest BCUT2D eigenvalue weighted by Gasteiger charge is 2.27. The van der Waals surface area contributed by atoms with Crippen molar-refractivity contribution in [3.05, 3.63) is 0 Å². The first-order valence-electron chi connectivity index (χ1n) is 6.28. The maximum Gasteiger partial charge on any atom is 0.241 e. The Bertz CT molecular complexity index is 283. The molecule has 0 aliphatic carbocycles. The second-order valence-electron chi connectivity index (χ2n) is 4.93. The van der Waals surface area contributed by atoms with Crippen LogP contribution < -0.4 is 10.6 Å². The predicted octanol–water partition coefficient (Wildman–Crippen LogP) is 0.113. The molecule has 2 N–H and O–H groups in total. The molecule has 2 amide bonds. The first kappa shape index (κ1) is 14.0. The van der Waals surface area contributed by atoms with Gasteiger partial charge in [0.1, 0.15) is 0 Å². The van der Waals surface area contributed by atoms with E-state index in [4.69, 9.17) is 0 Å². The summed E-state index contributed by atoms with van der Waals surface area (Å²) in [5, 5.41) is 5.77. The monoisotopic (exact) mass is 241 g/mol. The second kappa shape index (κ2) is 6.00. The third kappa shape index (κ3) is 4.00. The van der Waals surface area contributed by atoms with E-state index in [1.54, 1.807) is 4.90 Å². The van der Waals surface area contributed by atoms with Crippen LogP contribution in [0.1, 0.15) is 33.6 Å². The van der Waals surface area contributed by atoms with E-state index in [0.29, 0.717) is 0 Å². The van der Waals surface area contributed by atoms with Gasteiger partial charge in [-0.05, 0) is 33.2 Å². The van der Waals surface area contributed by atoms with Crippen molar-refractivity contribution in [2.75, 3.05) is 26.2 Å². The van der Waals surface area contributed by atoms with Crippen molar-refractivity contribution in [3.63, 3.8) is 0 Å². The predicted molar refractivity (Wildman–Crippen MR) is 66.6 cm³/mol. The summed E-state index contributed by atoms with van der Waals surface area (Å²) in [6.45, 7) is 8.05. The van der Waals surface area contributed by atoms with Gasteiger partial charge in [-0.1, -0.05) is 6.92 Å². The van der Waals surface area contributed by atoms with Crippen LogP contribution in [-0.4, -0.2) is 48.4 Å². The molecule has 5 heteroatoms. The summed E-state index contributed by atoms with van der Waals surface area (Å²) >= 11 is 0. The normalized spacial score (nSPS) is 16.1. The molecular weight excluding hydrogens is 218 g/mol. The molecule has 0 saturated carbocycles. The van der Waals surface area contributed by atoms with Crippen molar-refractivity contribution in [1.29, 1.82) is 0 Å². The van der Waals surface area contributed by atoms with Gasteiger partial charge >= 0.3 is 0 Å². The van der Waals surface area contributed by atoms with Crippen LogP contribution in [0.25, 0.3) is 0 Å². The molecule has 1 fully saturated rings. The number of rotatable bonds is 5. The Morgan fingerprint density at radius 1 is 1.24 bits per heavy atom. The zero-order valence-electron chi connectivity index (χ0n) is 11.0. The highest BCUT2D eigenvalue weighted by Crippen LogP contribution is 2.07. The van der Waals surface area contributed by atoms with Gasteiger partial charge in [0.15, 0.2) is 0 Å². The Kier molecular flexibility index (Phi) is 4.93. The van der Waals surface area contributed by atoms with Gasteiger partial charge in [0.05, 0.1) is 12.1 Å². The Balaban J connectivity index is 2.34. The van der Waals surface area contributed by atoms with Gasteiger partial charge in [0.2, 0.25) is 11.8 Å². The third-order valence-corrected chi connectivity index (χ3v) is 3.05. The van der Waals surface area contributed by atoms with E-state index >= 15 is 0 Å². The van der Waals surface area contributed by atoms with Crippen molar-refractivity contribution in [2.45, 2.75) is 39.2 Å². The number of hydrogen-bond acceptors (Lipinski definition) is 3. The van der Waals surface area contributed by atoms with E-state index in [0.717, 1.165) is 32.5 Å². The van der Waals surface area contributed by atoms with E-state index in [2.05, 4.69) is 10.6 Å². The van der Waals surface area contributed by atoms with Crippen molar-refractivity contribution in [3.8, 4) is 0 Å². The minimum absolute atomic E-state index is 0.0168. The van der Waals surface area contributed by atoms with Gasteiger partial charge < -0.3 is 15.5 Å². The van der Waals surface area contributed by atoms with Gasteiger partial charge in [-0.25, -0.2) is 0 Å². The summed E-state index contributed by atoms with van der Waals surface area (Å²) in [6.07, 6.45) is 2.14. The smallest absolute Gasteiger partial charge is 0.241 e. The van der Waals surface area contributed by atoms with Gasteiger partial charge in [0.25, 0.3) is 0 Å². The van der Waals surface area contributed by atoms with E-state index in [9.17, 15) is 9.59 Å². The Morgan fingerprint density at radius 2 is 1.82 bits per heavy atom. The summed E-state index contributed by atoms with van der Waals surface area (Å²) < 4.78 is 0. The molecule has 1 saturated heterocycles. The molecule has 5 nitrogen and oxygen atoms in total. The van der Waals surface area contributed by atoms with Crippen LogP contribution in [0.5, 0.6) is 0 Å². The maximum absolute atomic E-state index is 11.8. The Hall–Kier alpha value is -1.10. The number of carbonyl (C=O) groups is 2. The van der Waals surface area contributed by atoms with E-state index in [1.165, 1.54) is 0 Å². The summed E-state index contributed by atoms with van der Waals surface area (Å²) in [5.41, 5.74) is -0.625. The molecule has 0 unspecified atom stereocenters. The summed E-state index contributed by atoms with van der Waals surface area (Å²) in [4.78, 5) is 25.4. The molecule has 0 aromatic heterocycles. The lowest BCUT2D eigenvalue weighted by Gasteiger charge is -2.25. The van der Waals surface area contributed by atoms with Crippen LogP contribution >= 0.6 is 0 Å². The number of likely N-dealkylation sites (N-methyl/N-ethyl adjacent to an activating group) is 1. The van der Waals surface area contributed by atoms with Gasteiger partial charge in [-0.15, -0.1) is 0 Å². The summed E-state index contributed by atoms with van der Waals surface area (Å²) in [6, 6.07) is 0. The molecule has 98 valence electrons. The number of likely N-dealkylation sites (tertiary alicyclic amines) is 1. The molecule has 0 aromatic carbocycles. The molecule has 1 rings (SSSR count). The average molecular weight is 241 g/mol. The standard InChI is InChI=1S/C12H23N3O2/c1-4-14-12(2,3)11(17)13-9-10(16)15-7-5-6-8-15/h14H,4-9H2,1-3H3,(H,13,17). The van der Waals surface area contributed by atoms with E-state index in [1.807, 2.05) is 20.8 Å². The topological polar surface area (TPSA) is 61.4 Å². The van der Waals surface area contributed by atoms with Gasteiger partial charge in [-0.3, -0.25) is 9.59 Å². The van der Waals surface area contributed by atoms with E-state index in [-0.39, 0.29) is 18.4 Å². The van der Waals surface area contributed by atoms with Crippen LogP contribution in [0.2, 0.25) is 0 Å². The Morgan fingerprint density at radius 3 is 2.35 bits per heavy atom. The maximum atomic E-state index is 11.8. The quantitative estimate of drug-likeness (QED) is 0.718. The lowest BCUT2D eigenvalue weighted by molar-refractivity contribution is -0.133. The molecular formula is C12H23N3O2. The molecule has 1 aliphatic rings. The Labute approximate surface area is 103 Å². The number of nitrogens with one attached hydrogen (secondary N) is 2. The van der Waals surface area contributed by atoms with Gasteiger partial charge in [-0.2, -0.15) is 0 Å². The minimum Gasteiger partial charge on any atom is -0.345 e. The number of amides is 2. The zero-order chi connectivity index (χ0) is 12.9. The molecule has 0 spiro atoms. The fraction of sp³-hybridized carbons (Fsp3) is 0.833. The molecule has 0 radical (unpaired) electrons. The first-order chi connectivity index (χ1) is 7.97. The van der Waals surface area contributed by atoms with Crippen molar-refractivity contribution in [1.82, 2.24) is 15.5 Å². The summed E-state index contributed by atoms with van der Waals surface area (Å²) in [7, 11) is 0. The average Bonchev–Trinajstić information content (AvgIpc) is 2.78. The van der Waals surface area contributed by atoms with Crippen LogP contribution in [0.4, 0.5) is 0 Å². The summed E-state index contributed by atoms with van der Waals surface area (Å²) in [5.74, 6) is -0.116. The lowest BCUT2D eigenvalue weighted by Crippen LogP contribution is -2.54. The van der Waals surface area contributed by atoms with Crippen LogP contribution in [-0.2, 0) is 9.59 Å². The lowest BCUT2D eigenvalue weighted by atomic mass is 10.0. The highest BCUT2D eigenvalue weighted by atomic mass is 16.2. The zero-order valence-corrected chi connectivity index (χ0v) is 11.0. The third-order valence-electron chi connectivity index (χ3n) is 3.05. The fourth-order valence-electron chi connectivity index (χ4n) is 1.98. The van der Waals surface area contributed by atoms with Crippen LogP contribution in [0.3, 0.4) is 0 Å². The van der Waals surface area contributed by atoms with Crippen molar-refractivity contribution < 1.29 is 9.59 Å². The first-order valence-corrected chi connectivity index (χ1v) is 6.28. The fourth-order valence-corrected chi connectivity index (χ4v) is 1.98. The highest BCUT2D eigenvalue weighted by molar-refractivity contribution is 5.89. The number of carbonyl (C=O) groups excluding carboxylic acids is 2. The minimum atomic E-state index is -0.625. The molecule has 17 heavy (non-hydrogen) atoms. The largest absolute Gasteiger partial charge is 0.345 e. The SMILES string of the molecule is CCNC(C)(C)C(=O)NCC(=O)N1CCCC1. The van der Waals surface area contributed by atoms with Crippen LogP contribution in [0.15, 0.2) is 0 Å². The molecule has 0 aromatic rings. The second-order valence-corrected chi connectivity index (χ2v) is 4.93. The van der Waals surface area contributed by atoms with E-state index < -0.39 is 5.54 Å². The molecule has 0 bridgehead atoms. The van der Waals surface area contributed by atoms with Gasteiger partial charge in [0, 0.05) is 13.1 Å². The molecule has 1 aliphatic heterocycles. The molecule has 0 atom stereocenters. The molecule has 1 heterocycles.